The molecule has 0 atom stereocenters. The Morgan fingerprint density at radius 2 is 2.08 bits per heavy atom. The number of amides is 1. The van der Waals surface area contributed by atoms with Crippen LogP contribution in [0.15, 0.2) is 30.3 Å². The van der Waals surface area contributed by atoms with Crippen molar-refractivity contribution in [3.8, 4) is 5.69 Å². The van der Waals surface area contributed by atoms with Crippen molar-refractivity contribution < 1.29 is 4.79 Å². The summed E-state index contributed by atoms with van der Waals surface area (Å²) in [4.78, 5) is 16.5. The summed E-state index contributed by atoms with van der Waals surface area (Å²) in [7, 11) is 0. The highest BCUT2D eigenvalue weighted by molar-refractivity contribution is 7.20. The number of piperidine rings is 1. The van der Waals surface area contributed by atoms with Gasteiger partial charge in [0.05, 0.1) is 16.3 Å². The number of rotatable bonds is 2. The van der Waals surface area contributed by atoms with Crippen LogP contribution < -0.4 is 5.73 Å². The highest BCUT2D eigenvalue weighted by Crippen LogP contribution is 2.32. The standard InChI is InChI=1S/C18H19ClN4OS/c1-11-15-10-16(17(24)22-7-5-13(20)6-8-22)25-18(15)23(21-11)14-4-2-3-12(19)9-14/h2-4,9-10,13H,5-8,20H2,1H3. The molecule has 7 heteroatoms. The number of aryl methyl sites for hydroxylation is 1. The lowest BCUT2D eigenvalue weighted by atomic mass is 10.1. The number of hydrogen-bond acceptors (Lipinski definition) is 4. The lowest BCUT2D eigenvalue weighted by Crippen LogP contribution is -2.42. The quantitative estimate of drug-likeness (QED) is 0.745. The first-order chi connectivity index (χ1) is 12.0. The minimum atomic E-state index is 0.0881. The maximum atomic E-state index is 12.8. The molecule has 0 saturated carbocycles. The van der Waals surface area contributed by atoms with Crippen LogP contribution in [0.3, 0.4) is 0 Å². The van der Waals surface area contributed by atoms with Crippen LogP contribution in [0.25, 0.3) is 15.9 Å². The molecule has 0 radical (unpaired) electrons. The third-order valence-electron chi connectivity index (χ3n) is 4.64. The summed E-state index contributed by atoms with van der Waals surface area (Å²) in [5, 5.41) is 6.29. The first-order valence-electron chi connectivity index (χ1n) is 8.33. The first kappa shape index (κ1) is 16.6. The Morgan fingerprint density at radius 1 is 1.32 bits per heavy atom. The second kappa shape index (κ2) is 6.44. The normalized spacial score (nSPS) is 15.9. The number of likely N-dealkylation sites (tertiary alicyclic amines) is 1. The van der Waals surface area contributed by atoms with E-state index in [1.165, 1.54) is 11.3 Å². The number of nitrogens with two attached hydrogens (primary N) is 1. The number of fused-ring (bicyclic) bond motifs is 1. The van der Waals surface area contributed by atoms with E-state index in [1.807, 2.05) is 46.8 Å². The molecule has 0 aliphatic carbocycles. The fourth-order valence-electron chi connectivity index (χ4n) is 3.19. The molecule has 0 spiro atoms. The van der Waals surface area contributed by atoms with Crippen LogP contribution in [0, 0.1) is 6.92 Å². The predicted molar refractivity (Wildman–Crippen MR) is 102 cm³/mol. The van der Waals surface area contributed by atoms with E-state index in [9.17, 15) is 4.79 Å². The van der Waals surface area contributed by atoms with Crippen molar-refractivity contribution >= 4 is 39.1 Å². The lowest BCUT2D eigenvalue weighted by molar-refractivity contribution is 0.0720. The van der Waals surface area contributed by atoms with Gasteiger partial charge in [-0.15, -0.1) is 11.3 Å². The molecule has 1 amide bonds. The molecule has 25 heavy (non-hydrogen) atoms. The van der Waals surface area contributed by atoms with Gasteiger partial charge >= 0.3 is 0 Å². The zero-order valence-electron chi connectivity index (χ0n) is 13.9. The molecule has 130 valence electrons. The third kappa shape index (κ3) is 3.05. The summed E-state index contributed by atoms with van der Waals surface area (Å²) in [6.45, 7) is 3.42. The molecule has 3 aromatic rings. The van der Waals surface area contributed by atoms with Crippen LogP contribution in [-0.2, 0) is 0 Å². The highest BCUT2D eigenvalue weighted by atomic mass is 35.5. The summed E-state index contributed by atoms with van der Waals surface area (Å²) in [6.07, 6.45) is 1.73. The van der Waals surface area contributed by atoms with E-state index in [2.05, 4.69) is 5.10 Å². The number of aromatic nitrogens is 2. The van der Waals surface area contributed by atoms with Gasteiger partial charge in [-0.25, -0.2) is 4.68 Å². The van der Waals surface area contributed by atoms with Gasteiger partial charge < -0.3 is 10.6 Å². The number of carbonyl (C=O) groups excluding carboxylic acids is 1. The Kier molecular flexibility index (Phi) is 4.27. The zero-order chi connectivity index (χ0) is 17.6. The maximum Gasteiger partial charge on any atom is 0.264 e. The molecule has 1 aliphatic heterocycles. The number of nitrogens with zero attached hydrogens (tertiary/aromatic N) is 3. The SMILES string of the molecule is Cc1nn(-c2cccc(Cl)c2)c2sc(C(=O)N3CCC(N)CC3)cc12. The van der Waals surface area contributed by atoms with Gasteiger partial charge in [0.25, 0.3) is 5.91 Å². The summed E-state index contributed by atoms with van der Waals surface area (Å²) < 4.78 is 1.87. The molecular weight excluding hydrogens is 356 g/mol. The third-order valence-corrected chi connectivity index (χ3v) is 5.97. The molecule has 2 N–H and O–H groups in total. The summed E-state index contributed by atoms with van der Waals surface area (Å²) in [5.74, 6) is 0.0881. The minimum Gasteiger partial charge on any atom is -0.338 e. The molecular formula is C18H19ClN4OS. The fraction of sp³-hybridized carbons (Fsp3) is 0.333. The van der Waals surface area contributed by atoms with E-state index in [-0.39, 0.29) is 11.9 Å². The van der Waals surface area contributed by atoms with E-state index in [0.29, 0.717) is 5.02 Å². The Labute approximate surface area is 155 Å². The van der Waals surface area contributed by atoms with Crippen LogP contribution in [-0.4, -0.2) is 39.7 Å². The van der Waals surface area contributed by atoms with Gasteiger partial charge in [0.1, 0.15) is 4.83 Å². The Balaban J connectivity index is 1.71. The highest BCUT2D eigenvalue weighted by Gasteiger charge is 2.24. The van der Waals surface area contributed by atoms with E-state index in [4.69, 9.17) is 17.3 Å². The zero-order valence-corrected chi connectivity index (χ0v) is 15.5. The van der Waals surface area contributed by atoms with E-state index in [1.54, 1.807) is 0 Å². The second-order valence-electron chi connectivity index (χ2n) is 6.44. The van der Waals surface area contributed by atoms with E-state index >= 15 is 0 Å². The predicted octanol–water partition coefficient (Wildman–Crippen LogP) is 3.61. The van der Waals surface area contributed by atoms with Crippen molar-refractivity contribution in [3.05, 3.63) is 45.9 Å². The van der Waals surface area contributed by atoms with Crippen molar-refractivity contribution in [2.75, 3.05) is 13.1 Å². The molecule has 1 aliphatic rings. The van der Waals surface area contributed by atoms with Crippen molar-refractivity contribution in [2.24, 2.45) is 5.73 Å². The smallest absolute Gasteiger partial charge is 0.264 e. The van der Waals surface area contributed by atoms with Gasteiger partial charge in [0.2, 0.25) is 0 Å². The molecule has 1 fully saturated rings. The number of halogens is 1. The van der Waals surface area contributed by atoms with Gasteiger partial charge in [0, 0.05) is 29.5 Å². The van der Waals surface area contributed by atoms with Crippen LogP contribution in [0.4, 0.5) is 0 Å². The Hall–Kier alpha value is -1.89. The lowest BCUT2D eigenvalue weighted by Gasteiger charge is -2.29. The Morgan fingerprint density at radius 3 is 2.80 bits per heavy atom. The van der Waals surface area contributed by atoms with E-state index < -0.39 is 0 Å². The average Bonchev–Trinajstić information content (AvgIpc) is 3.16. The summed E-state index contributed by atoms with van der Waals surface area (Å²) >= 11 is 7.60. The molecule has 2 aromatic heterocycles. The van der Waals surface area contributed by atoms with Gasteiger partial charge in [-0.05, 0) is 44.0 Å². The Bertz CT molecular complexity index is 940. The van der Waals surface area contributed by atoms with Gasteiger partial charge in [-0.1, -0.05) is 17.7 Å². The number of benzene rings is 1. The first-order valence-corrected chi connectivity index (χ1v) is 9.52. The number of thiophene rings is 1. The summed E-state index contributed by atoms with van der Waals surface area (Å²) in [5.41, 5.74) is 7.75. The van der Waals surface area contributed by atoms with Crippen molar-refractivity contribution in [2.45, 2.75) is 25.8 Å². The molecule has 0 bridgehead atoms. The van der Waals surface area contributed by atoms with Gasteiger partial charge in [-0.3, -0.25) is 4.79 Å². The molecule has 4 rings (SSSR count). The second-order valence-corrected chi connectivity index (χ2v) is 7.90. The van der Waals surface area contributed by atoms with E-state index in [0.717, 1.165) is 52.4 Å². The van der Waals surface area contributed by atoms with Gasteiger partial charge in [0.15, 0.2) is 0 Å². The largest absolute Gasteiger partial charge is 0.338 e. The molecule has 1 saturated heterocycles. The molecule has 0 unspecified atom stereocenters. The van der Waals surface area contributed by atoms with Crippen molar-refractivity contribution in [3.63, 3.8) is 0 Å². The van der Waals surface area contributed by atoms with Crippen molar-refractivity contribution in [1.29, 1.82) is 0 Å². The fourth-order valence-corrected chi connectivity index (χ4v) is 4.53. The summed E-state index contributed by atoms with van der Waals surface area (Å²) in [6, 6.07) is 9.75. The minimum absolute atomic E-state index is 0.0881. The van der Waals surface area contributed by atoms with Crippen LogP contribution in [0.5, 0.6) is 0 Å². The maximum absolute atomic E-state index is 12.8. The molecule has 3 heterocycles. The number of hydrogen-bond donors (Lipinski definition) is 1. The van der Waals surface area contributed by atoms with Crippen LogP contribution in [0.2, 0.25) is 5.02 Å². The van der Waals surface area contributed by atoms with Crippen molar-refractivity contribution in [1.82, 2.24) is 14.7 Å². The molecule has 5 nitrogen and oxygen atoms in total. The topological polar surface area (TPSA) is 64.2 Å². The number of carbonyl (C=O) groups is 1. The monoisotopic (exact) mass is 374 g/mol. The van der Waals surface area contributed by atoms with Crippen LogP contribution in [0.1, 0.15) is 28.2 Å². The molecule has 1 aromatic carbocycles. The van der Waals surface area contributed by atoms with Crippen LogP contribution >= 0.6 is 22.9 Å². The van der Waals surface area contributed by atoms with Gasteiger partial charge in [-0.2, -0.15) is 5.10 Å². The average molecular weight is 375 g/mol.